The van der Waals surface area contributed by atoms with Gasteiger partial charge in [0.2, 0.25) is 0 Å². The van der Waals surface area contributed by atoms with E-state index in [2.05, 4.69) is 21.8 Å². The van der Waals surface area contributed by atoms with Crippen molar-refractivity contribution in [2.45, 2.75) is 12.5 Å². The Labute approximate surface area is 144 Å². The lowest BCUT2D eigenvalue weighted by Crippen LogP contribution is -2.24. The van der Waals surface area contributed by atoms with Gasteiger partial charge in [0.15, 0.2) is 0 Å². The molecule has 0 fully saturated rings. The van der Waals surface area contributed by atoms with Crippen molar-refractivity contribution < 1.29 is 9.13 Å². The SMILES string of the molecule is NC1=NC(c2cc(C#Cc3cccc4[nH]ccc34)ccc2F)CCO1. The molecule has 4 nitrogen and oxygen atoms in total. The van der Waals surface area contributed by atoms with Crippen LogP contribution in [0.25, 0.3) is 10.9 Å². The maximum absolute atomic E-state index is 14.2. The molecular formula is C20H16FN3O. The van der Waals surface area contributed by atoms with Gasteiger partial charge in [-0.3, -0.25) is 0 Å². The summed E-state index contributed by atoms with van der Waals surface area (Å²) in [4.78, 5) is 7.35. The average molecular weight is 333 g/mol. The molecule has 124 valence electrons. The van der Waals surface area contributed by atoms with Crippen molar-refractivity contribution in [3.05, 3.63) is 71.2 Å². The first kappa shape index (κ1) is 15.3. The van der Waals surface area contributed by atoms with E-state index in [0.29, 0.717) is 18.6 Å². The highest BCUT2D eigenvalue weighted by Gasteiger charge is 2.19. The van der Waals surface area contributed by atoms with Crippen molar-refractivity contribution in [2.24, 2.45) is 10.7 Å². The summed E-state index contributed by atoms with van der Waals surface area (Å²) in [5, 5.41) is 1.07. The number of nitrogens with zero attached hydrogens (tertiary/aromatic N) is 1. The molecule has 0 bridgehead atoms. The number of H-pyrrole nitrogens is 1. The Kier molecular flexibility index (Phi) is 3.87. The van der Waals surface area contributed by atoms with Gasteiger partial charge in [-0.15, -0.1) is 0 Å². The Morgan fingerprint density at radius 1 is 1.20 bits per heavy atom. The number of hydrogen-bond acceptors (Lipinski definition) is 3. The van der Waals surface area contributed by atoms with Gasteiger partial charge in [-0.2, -0.15) is 0 Å². The van der Waals surface area contributed by atoms with Gasteiger partial charge in [0.05, 0.1) is 12.6 Å². The number of benzene rings is 2. The maximum Gasteiger partial charge on any atom is 0.282 e. The lowest BCUT2D eigenvalue weighted by molar-refractivity contribution is 0.255. The molecule has 3 N–H and O–H groups in total. The summed E-state index contributed by atoms with van der Waals surface area (Å²) in [6, 6.07) is 12.5. The maximum atomic E-state index is 14.2. The van der Waals surface area contributed by atoms with Gasteiger partial charge >= 0.3 is 0 Å². The molecule has 2 aromatic carbocycles. The number of fused-ring (bicyclic) bond motifs is 1. The minimum Gasteiger partial charge on any atom is -0.465 e. The third-order valence-electron chi connectivity index (χ3n) is 4.22. The van der Waals surface area contributed by atoms with Gasteiger partial charge in [0.25, 0.3) is 6.02 Å². The molecule has 1 aliphatic rings. The molecular weight excluding hydrogens is 317 g/mol. The minimum atomic E-state index is -0.330. The van der Waals surface area contributed by atoms with Gasteiger partial charge < -0.3 is 15.5 Å². The van der Waals surface area contributed by atoms with Crippen LogP contribution in [0.5, 0.6) is 0 Å². The Balaban J connectivity index is 1.70. The first-order valence-electron chi connectivity index (χ1n) is 8.04. The van der Waals surface area contributed by atoms with Crippen LogP contribution in [0, 0.1) is 17.7 Å². The zero-order valence-corrected chi connectivity index (χ0v) is 13.4. The Hall–Kier alpha value is -3.26. The highest BCUT2D eigenvalue weighted by molar-refractivity contribution is 5.85. The van der Waals surface area contributed by atoms with Crippen LogP contribution in [-0.2, 0) is 4.74 Å². The summed E-state index contributed by atoms with van der Waals surface area (Å²) in [7, 11) is 0. The van der Waals surface area contributed by atoms with E-state index in [9.17, 15) is 4.39 Å². The molecule has 25 heavy (non-hydrogen) atoms. The van der Waals surface area contributed by atoms with Crippen LogP contribution >= 0.6 is 0 Å². The van der Waals surface area contributed by atoms with Crippen molar-refractivity contribution in [3.63, 3.8) is 0 Å². The number of hydrogen-bond donors (Lipinski definition) is 2. The third kappa shape index (κ3) is 3.07. The number of aromatic amines is 1. The van der Waals surface area contributed by atoms with Crippen molar-refractivity contribution in [2.75, 3.05) is 6.61 Å². The molecule has 1 unspecified atom stereocenters. The highest BCUT2D eigenvalue weighted by atomic mass is 19.1. The van der Waals surface area contributed by atoms with E-state index in [4.69, 9.17) is 10.5 Å². The number of halogens is 1. The van der Waals surface area contributed by atoms with Crippen molar-refractivity contribution in [1.82, 2.24) is 4.98 Å². The first-order valence-corrected chi connectivity index (χ1v) is 8.04. The molecule has 1 aromatic heterocycles. The van der Waals surface area contributed by atoms with Crippen LogP contribution in [0.3, 0.4) is 0 Å². The van der Waals surface area contributed by atoms with Crippen LogP contribution in [0.4, 0.5) is 4.39 Å². The second-order valence-corrected chi connectivity index (χ2v) is 5.85. The van der Waals surface area contributed by atoms with E-state index >= 15 is 0 Å². The van der Waals surface area contributed by atoms with Crippen molar-refractivity contribution >= 4 is 16.9 Å². The molecule has 0 aliphatic carbocycles. The summed E-state index contributed by atoms with van der Waals surface area (Å²) < 4.78 is 19.3. The van der Waals surface area contributed by atoms with Crippen LogP contribution in [-0.4, -0.2) is 17.6 Å². The fourth-order valence-corrected chi connectivity index (χ4v) is 2.97. The molecule has 0 saturated heterocycles. The zero-order chi connectivity index (χ0) is 17.2. The van der Waals surface area contributed by atoms with E-state index in [-0.39, 0.29) is 17.9 Å². The number of aliphatic imine (C=N–C) groups is 1. The number of amidine groups is 1. The van der Waals surface area contributed by atoms with Gasteiger partial charge in [-0.1, -0.05) is 17.9 Å². The second kappa shape index (κ2) is 6.33. The van der Waals surface area contributed by atoms with Crippen molar-refractivity contribution in [3.8, 4) is 11.8 Å². The molecule has 4 rings (SSSR count). The third-order valence-corrected chi connectivity index (χ3v) is 4.22. The summed E-state index contributed by atoms with van der Waals surface area (Å²) in [6.07, 6.45) is 2.48. The Morgan fingerprint density at radius 2 is 2.12 bits per heavy atom. The molecule has 0 spiro atoms. The predicted molar refractivity (Wildman–Crippen MR) is 95.6 cm³/mol. The monoisotopic (exact) mass is 333 g/mol. The summed E-state index contributed by atoms with van der Waals surface area (Å²) >= 11 is 0. The van der Waals surface area contributed by atoms with Crippen LogP contribution in [0.15, 0.2) is 53.7 Å². The standard InChI is InChI=1S/C20H16FN3O/c21-17-7-5-13(12-16(17)19-9-11-25-20(22)24-19)4-6-14-2-1-3-18-15(14)8-10-23-18/h1-3,5,7-8,10,12,19,23H,9,11H2,(H2,22,24). The summed E-state index contributed by atoms with van der Waals surface area (Å²) in [6.45, 7) is 0.435. The van der Waals surface area contributed by atoms with E-state index in [1.54, 1.807) is 12.1 Å². The molecule has 2 heterocycles. The van der Waals surface area contributed by atoms with Crippen LogP contribution in [0.1, 0.15) is 29.2 Å². The molecule has 1 atom stereocenters. The average Bonchev–Trinajstić information content (AvgIpc) is 3.10. The number of rotatable bonds is 1. The van der Waals surface area contributed by atoms with E-state index in [1.807, 2.05) is 30.5 Å². The molecule has 0 amide bonds. The number of nitrogens with one attached hydrogen (secondary N) is 1. The smallest absolute Gasteiger partial charge is 0.282 e. The van der Waals surface area contributed by atoms with E-state index < -0.39 is 0 Å². The highest BCUT2D eigenvalue weighted by Crippen LogP contribution is 2.27. The number of nitrogens with two attached hydrogens (primary N) is 1. The summed E-state index contributed by atoms with van der Waals surface area (Å²) in [5.41, 5.74) is 8.81. The fourth-order valence-electron chi connectivity index (χ4n) is 2.97. The van der Waals surface area contributed by atoms with Gasteiger partial charge in [-0.05, 0) is 36.4 Å². The molecule has 5 heteroatoms. The van der Waals surface area contributed by atoms with Gasteiger partial charge in [0.1, 0.15) is 5.82 Å². The Bertz CT molecular complexity index is 1030. The predicted octanol–water partition coefficient (Wildman–Crippen LogP) is 3.48. The minimum absolute atomic E-state index is 0.103. The lowest BCUT2D eigenvalue weighted by atomic mass is 10.0. The topological polar surface area (TPSA) is 63.4 Å². The second-order valence-electron chi connectivity index (χ2n) is 5.85. The normalized spacial score (nSPS) is 16.7. The van der Waals surface area contributed by atoms with E-state index in [0.717, 1.165) is 22.0 Å². The summed E-state index contributed by atoms with van der Waals surface area (Å²) in [5.74, 6) is 5.99. The lowest BCUT2D eigenvalue weighted by Gasteiger charge is -2.19. The molecule has 0 saturated carbocycles. The Morgan fingerprint density at radius 3 is 3.00 bits per heavy atom. The molecule has 3 aromatic rings. The van der Waals surface area contributed by atoms with E-state index in [1.165, 1.54) is 6.07 Å². The quantitative estimate of drug-likeness (QED) is 0.670. The number of aromatic nitrogens is 1. The fraction of sp³-hybridized carbons (Fsp3) is 0.150. The number of ether oxygens (including phenoxy) is 1. The molecule has 0 radical (unpaired) electrons. The largest absolute Gasteiger partial charge is 0.465 e. The van der Waals surface area contributed by atoms with Crippen molar-refractivity contribution in [1.29, 1.82) is 0 Å². The van der Waals surface area contributed by atoms with Gasteiger partial charge in [0, 0.05) is 40.2 Å². The van der Waals surface area contributed by atoms with Crippen LogP contribution < -0.4 is 5.73 Å². The zero-order valence-electron chi connectivity index (χ0n) is 13.4. The first-order chi connectivity index (χ1) is 12.2. The van der Waals surface area contributed by atoms with Gasteiger partial charge in [-0.25, -0.2) is 9.38 Å². The molecule has 1 aliphatic heterocycles. The van der Waals surface area contributed by atoms with Crippen LogP contribution in [0.2, 0.25) is 0 Å².